The van der Waals surface area contributed by atoms with Gasteiger partial charge in [-0.2, -0.15) is 13.5 Å². The molecule has 73 heavy (non-hydrogen) atoms. The third kappa shape index (κ3) is 59.4. The average Bonchev–Trinajstić information content (AvgIpc) is 3.37. The molecule has 0 aromatic carbocycles. The van der Waals surface area contributed by atoms with E-state index in [1.54, 1.807) is 0 Å². The van der Waals surface area contributed by atoms with E-state index in [-0.39, 0.29) is 57.3 Å². The molecule has 0 heterocycles. The van der Waals surface area contributed by atoms with E-state index >= 15 is 0 Å². The normalized spacial score (nSPS) is 12.2. The van der Waals surface area contributed by atoms with Crippen LogP contribution in [0.1, 0.15) is 187 Å². The van der Waals surface area contributed by atoms with Crippen molar-refractivity contribution in [2.24, 2.45) is 11.5 Å². The van der Waals surface area contributed by atoms with Gasteiger partial charge in [0.25, 0.3) is 0 Å². The largest absolute Gasteiger partial charge is 0.379 e. The number of carbonyl (C=O) groups is 3. The number of hydrogen-bond donors (Lipinski definition) is 4. The molecule has 0 radical (unpaired) electrons. The highest BCUT2D eigenvalue weighted by Gasteiger charge is 2.20. The summed E-state index contributed by atoms with van der Waals surface area (Å²) in [4.78, 5) is 37.7. The van der Waals surface area contributed by atoms with Gasteiger partial charge in [0.05, 0.1) is 118 Å². The lowest BCUT2D eigenvalue weighted by Crippen LogP contribution is -2.45. The van der Waals surface area contributed by atoms with Crippen LogP contribution in [0, 0.1) is 0 Å². The molecular formula is C55H112N4O13S. The summed E-state index contributed by atoms with van der Waals surface area (Å²) >= 11 is 0. The van der Waals surface area contributed by atoms with Crippen molar-refractivity contribution in [2.45, 2.75) is 199 Å². The zero-order valence-electron chi connectivity index (χ0n) is 46.6. The lowest BCUT2D eigenvalue weighted by molar-refractivity contribution is -0.129. The van der Waals surface area contributed by atoms with Crippen molar-refractivity contribution in [2.75, 3.05) is 139 Å². The van der Waals surface area contributed by atoms with Crippen molar-refractivity contribution in [1.82, 2.24) is 10.6 Å². The summed E-state index contributed by atoms with van der Waals surface area (Å²) in [5.41, 5.74) is 10.9. The molecule has 0 aliphatic heterocycles. The molecule has 3 amide bonds. The first kappa shape index (κ1) is 73.4. The van der Waals surface area contributed by atoms with Crippen LogP contribution < -0.4 is 22.1 Å². The summed E-state index contributed by atoms with van der Waals surface area (Å²) in [6.45, 7) is 14.1. The van der Waals surface area contributed by atoms with Gasteiger partial charge in [0.15, 0.2) is 0 Å². The van der Waals surface area contributed by atoms with Gasteiger partial charge in [-0.25, -0.2) is 0 Å². The molecule has 0 aromatic heterocycles. The minimum Gasteiger partial charge on any atom is -0.379 e. The number of rotatable bonds is 62. The Morgan fingerprint density at radius 2 is 0.740 bits per heavy atom. The van der Waals surface area contributed by atoms with E-state index in [0.717, 1.165) is 25.7 Å². The summed E-state index contributed by atoms with van der Waals surface area (Å²) in [6.07, 6.45) is 30.8. The van der Waals surface area contributed by atoms with Crippen LogP contribution in [0.25, 0.3) is 0 Å². The van der Waals surface area contributed by atoms with Gasteiger partial charge >= 0.3 is 0 Å². The van der Waals surface area contributed by atoms with Crippen molar-refractivity contribution in [3.05, 3.63) is 0 Å². The molecular weight excluding hydrogens is 957 g/mol. The fraction of sp³-hybridized carbons (Fsp3) is 0.945. The predicted octanol–water partition coefficient (Wildman–Crippen LogP) is 8.25. The molecule has 0 fully saturated rings. The Hall–Kier alpha value is -1.68. The van der Waals surface area contributed by atoms with Gasteiger partial charge in [0.2, 0.25) is 17.7 Å². The molecule has 0 aromatic rings. The van der Waals surface area contributed by atoms with E-state index in [1.807, 2.05) is 0 Å². The minimum atomic E-state index is -0.970. The van der Waals surface area contributed by atoms with Crippen molar-refractivity contribution in [3.63, 3.8) is 0 Å². The van der Waals surface area contributed by atoms with Crippen LogP contribution in [-0.2, 0) is 61.8 Å². The Kier molecular flexibility index (Phi) is 63.2. The third-order valence-electron chi connectivity index (χ3n) is 12.0. The zero-order chi connectivity index (χ0) is 52.3. The number of nitrogens with two attached hydrogens (primary N) is 2. The molecule has 17 nitrogen and oxygen atoms in total. The maximum atomic E-state index is 12.9. The fourth-order valence-electron chi connectivity index (χ4n) is 7.65. The monoisotopic (exact) mass is 1070 g/mol. The van der Waals surface area contributed by atoms with Gasteiger partial charge in [-0.3, -0.25) is 14.4 Å². The number of carbonyl (C=O) groups excluding carboxylic acids is 3. The molecule has 0 saturated heterocycles. The van der Waals surface area contributed by atoms with Gasteiger partial charge in [-0.15, -0.1) is 0 Å². The standard InChI is InChI=1S/C55H110N4O13.H2S/c1-3-5-7-9-11-13-15-17-19-21-23-25-31-71-50-51(72-32-26-24-22-20-18-16-14-12-10-8-6-4-2)49-58-53(60)28-27-52(55(57)62)59-54(61)29-33-63-35-37-65-39-41-67-43-45-69-47-48-70-46-44-68-42-40-66-38-36-64-34-30-56;/h51-52H,3-50,56H2,1-2H3,(H2,57,62)(H,58,60)(H,59,61);1H2/t51?,52-;/m0./s1. The van der Waals surface area contributed by atoms with Crippen LogP contribution in [0.4, 0.5) is 0 Å². The fourth-order valence-corrected chi connectivity index (χ4v) is 7.65. The molecule has 0 aliphatic rings. The topological polar surface area (TPSA) is 220 Å². The predicted molar refractivity (Wildman–Crippen MR) is 297 cm³/mol. The van der Waals surface area contributed by atoms with Crippen LogP contribution in [0.5, 0.6) is 0 Å². The lowest BCUT2D eigenvalue weighted by atomic mass is 10.1. The molecule has 0 spiro atoms. The van der Waals surface area contributed by atoms with Gasteiger partial charge in [-0.1, -0.05) is 155 Å². The summed E-state index contributed by atoms with van der Waals surface area (Å²) < 4.78 is 55.9. The molecule has 0 aliphatic carbocycles. The van der Waals surface area contributed by atoms with E-state index < -0.39 is 11.9 Å². The lowest BCUT2D eigenvalue weighted by Gasteiger charge is -2.20. The SMILES string of the molecule is CCCCCCCCCCCCCCOCC(CNC(=O)CC[C@H](NC(=O)CCOCCOCCOCCOCCOCCOCCOCCOCCN)C(N)=O)OCCCCCCCCCCCCCC.S. The molecule has 1 unspecified atom stereocenters. The highest BCUT2D eigenvalue weighted by atomic mass is 32.1. The van der Waals surface area contributed by atoms with E-state index in [2.05, 4.69) is 24.5 Å². The molecule has 0 rings (SSSR count). The molecule has 436 valence electrons. The summed E-state index contributed by atoms with van der Waals surface area (Å²) in [5.74, 6) is -1.32. The molecule has 18 heteroatoms. The van der Waals surface area contributed by atoms with Gasteiger partial charge < -0.3 is 69.5 Å². The Bertz CT molecular complexity index is 1140. The first-order valence-corrected chi connectivity index (χ1v) is 28.8. The van der Waals surface area contributed by atoms with Crippen molar-refractivity contribution in [3.8, 4) is 0 Å². The highest BCUT2D eigenvalue weighted by Crippen LogP contribution is 2.14. The Labute approximate surface area is 451 Å². The number of hydrogen-bond acceptors (Lipinski definition) is 14. The summed E-state index contributed by atoms with van der Waals surface area (Å²) in [6, 6.07) is -0.970. The number of nitrogens with one attached hydrogen (secondary N) is 2. The van der Waals surface area contributed by atoms with Crippen molar-refractivity contribution >= 4 is 31.2 Å². The molecule has 0 bridgehead atoms. The van der Waals surface area contributed by atoms with E-state index in [9.17, 15) is 14.4 Å². The zero-order valence-corrected chi connectivity index (χ0v) is 47.6. The van der Waals surface area contributed by atoms with Crippen LogP contribution >= 0.6 is 13.5 Å². The van der Waals surface area contributed by atoms with Crippen LogP contribution in [-0.4, -0.2) is 168 Å². The van der Waals surface area contributed by atoms with E-state index in [1.165, 1.54) is 128 Å². The van der Waals surface area contributed by atoms with Crippen molar-refractivity contribution < 1.29 is 61.8 Å². The second-order valence-corrected chi connectivity index (χ2v) is 18.6. The first-order chi connectivity index (χ1) is 35.4. The third-order valence-corrected chi connectivity index (χ3v) is 12.0. The average molecular weight is 1070 g/mol. The summed E-state index contributed by atoms with van der Waals surface area (Å²) in [5, 5.41) is 5.60. The van der Waals surface area contributed by atoms with Gasteiger partial charge in [-0.05, 0) is 19.3 Å². The maximum absolute atomic E-state index is 12.9. The number of ether oxygens (including phenoxy) is 10. The van der Waals surface area contributed by atoms with E-state index in [4.69, 9.17) is 58.8 Å². The number of primary amides is 1. The first-order valence-electron chi connectivity index (χ1n) is 28.8. The smallest absolute Gasteiger partial charge is 0.240 e. The van der Waals surface area contributed by atoms with Crippen molar-refractivity contribution in [1.29, 1.82) is 0 Å². The number of amides is 3. The van der Waals surface area contributed by atoms with Crippen LogP contribution in [0.2, 0.25) is 0 Å². The minimum absolute atomic E-state index is 0. The Balaban J connectivity index is 0. The number of unbranched alkanes of at least 4 members (excludes halogenated alkanes) is 22. The molecule has 6 N–H and O–H groups in total. The van der Waals surface area contributed by atoms with Gasteiger partial charge in [0.1, 0.15) is 6.04 Å². The second kappa shape index (κ2) is 62.9. The Morgan fingerprint density at radius 3 is 1.11 bits per heavy atom. The highest BCUT2D eigenvalue weighted by molar-refractivity contribution is 7.59. The van der Waals surface area contributed by atoms with E-state index in [0.29, 0.717) is 132 Å². The van der Waals surface area contributed by atoms with Gasteiger partial charge in [0, 0.05) is 39.1 Å². The molecule has 2 atom stereocenters. The van der Waals surface area contributed by atoms with Crippen LogP contribution in [0.3, 0.4) is 0 Å². The second-order valence-electron chi connectivity index (χ2n) is 18.6. The Morgan fingerprint density at radius 1 is 0.397 bits per heavy atom. The maximum Gasteiger partial charge on any atom is 0.240 e. The van der Waals surface area contributed by atoms with Crippen LogP contribution in [0.15, 0.2) is 0 Å². The quantitative estimate of drug-likeness (QED) is 0.0422. The molecule has 0 saturated carbocycles. The summed E-state index contributed by atoms with van der Waals surface area (Å²) in [7, 11) is 0.